The molecule has 2 heteroatoms. The Morgan fingerprint density at radius 3 is 2.38 bits per heavy atom. The number of rotatable bonds is 3. The molecule has 0 saturated heterocycles. The Bertz CT molecular complexity index is 797. The third kappa shape index (κ3) is 2.35. The molecule has 1 aromatic heterocycles. The second-order valence-electron chi connectivity index (χ2n) is 5.68. The van der Waals surface area contributed by atoms with Crippen LogP contribution in [0, 0.1) is 13.8 Å². The van der Waals surface area contributed by atoms with E-state index in [0.717, 1.165) is 13.0 Å². The molecule has 3 aromatic rings. The minimum atomic E-state index is 0.996. The van der Waals surface area contributed by atoms with Crippen LogP contribution in [0.15, 0.2) is 36.4 Å². The van der Waals surface area contributed by atoms with Crippen LogP contribution in [0.25, 0.3) is 22.2 Å². The molecular weight excluding hydrogens is 256 g/mol. The first kappa shape index (κ1) is 13.9. The van der Waals surface area contributed by atoms with Crippen molar-refractivity contribution in [1.29, 1.82) is 0 Å². The van der Waals surface area contributed by atoms with Crippen molar-refractivity contribution in [2.75, 3.05) is 0 Å². The standard InChI is InChI=1S/C19H22N2/c1-5-15-11-16(8-7-13(15)3)17-9-10-19-18(12-17)20-14(4)21(19)6-2/h7-12H,5-6H2,1-4H3/p+1. The number of nitrogens with one attached hydrogen (secondary N) is 1. The van der Waals surface area contributed by atoms with Gasteiger partial charge in [0.2, 0.25) is 0 Å². The number of aromatic nitrogens is 2. The first-order valence-electron chi connectivity index (χ1n) is 7.76. The van der Waals surface area contributed by atoms with Gasteiger partial charge in [-0.1, -0.05) is 25.1 Å². The van der Waals surface area contributed by atoms with Gasteiger partial charge >= 0.3 is 0 Å². The van der Waals surface area contributed by atoms with Crippen LogP contribution in [0.4, 0.5) is 0 Å². The largest absolute Gasteiger partial charge is 0.251 e. The summed E-state index contributed by atoms with van der Waals surface area (Å²) in [6.45, 7) is 9.71. The predicted octanol–water partition coefficient (Wildman–Crippen LogP) is 4.32. The molecule has 2 nitrogen and oxygen atoms in total. The first-order chi connectivity index (χ1) is 10.1. The second-order valence-corrected chi connectivity index (χ2v) is 5.68. The molecule has 1 N–H and O–H groups in total. The lowest BCUT2D eigenvalue weighted by atomic mass is 9.98. The molecule has 0 aliphatic carbocycles. The van der Waals surface area contributed by atoms with E-state index in [4.69, 9.17) is 0 Å². The molecule has 0 aliphatic rings. The molecule has 0 fully saturated rings. The fourth-order valence-corrected chi connectivity index (χ4v) is 3.13. The van der Waals surface area contributed by atoms with Crippen molar-refractivity contribution in [2.45, 2.75) is 40.7 Å². The van der Waals surface area contributed by atoms with E-state index < -0.39 is 0 Å². The molecule has 108 valence electrons. The summed E-state index contributed by atoms with van der Waals surface area (Å²) in [6.07, 6.45) is 1.08. The third-order valence-electron chi connectivity index (χ3n) is 4.39. The van der Waals surface area contributed by atoms with E-state index >= 15 is 0 Å². The van der Waals surface area contributed by atoms with Crippen LogP contribution in [0.2, 0.25) is 0 Å². The lowest BCUT2D eigenvalue weighted by Crippen LogP contribution is -2.33. The highest BCUT2D eigenvalue weighted by Crippen LogP contribution is 2.25. The van der Waals surface area contributed by atoms with Crippen molar-refractivity contribution in [2.24, 2.45) is 0 Å². The Labute approximate surface area is 126 Å². The molecule has 0 radical (unpaired) electrons. The molecule has 2 aromatic carbocycles. The highest BCUT2D eigenvalue weighted by atomic mass is 15.1. The number of fused-ring (bicyclic) bond motifs is 1. The van der Waals surface area contributed by atoms with Crippen LogP contribution in [-0.4, -0.2) is 4.98 Å². The number of hydrogen-bond acceptors (Lipinski definition) is 0. The average Bonchev–Trinajstić information content (AvgIpc) is 2.81. The Hall–Kier alpha value is -2.09. The van der Waals surface area contributed by atoms with Crippen LogP contribution in [-0.2, 0) is 13.0 Å². The minimum Gasteiger partial charge on any atom is -0.241 e. The van der Waals surface area contributed by atoms with Crippen LogP contribution in [0.1, 0.15) is 30.8 Å². The van der Waals surface area contributed by atoms with Crippen molar-refractivity contribution in [3.63, 3.8) is 0 Å². The average molecular weight is 279 g/mol. The van der Waals surface area contributed by atoms with Gasteiger partial charge in [0.1, 0.15) is 0 Å². The summed E-state index contributed by atoms with van der Waals surface area (Å²) in [4.78, 5) is 3.49. The number of imidazole rings is 1. The normalized spacial score (nSPS) is 11.2. The molecule has 0 atom stereocenters. The van der Waals surface area contributed by atoms with Gasteiger partial charge in [-0.2, -0.15) is 0 Å². The summed E-state index contributed by atoms with van der Waals surface area (Å²) in [6, 6.07) is 13.5. The van der Waals surface area contributed by atoms with Crippen LogP contribution < -0.4 is 4.57 Å². The summed E-state index contributed by atoms with van der Waals surface area (Å²) in [7, 11) is 0. The van der Waals surface area contributed by atoms with E-state index in [1.807, 2.05) is 0 Å². The van der Waals surface area contributed by atoms with Crippen molar-refractivity contribution < 1.29 is 4.57 Å². The van der Waals surface area contributed by atoms with E-state index in [2.05, 4.69) is 73.6 Å². The lowest BCUT2D eigenvalue weighted by molar-refractivity contribution is -0.673. The highest BCUT2D eigenvalue weighted by Gasteiger charge is 2.14. The molecule has 0 bridgehead atoms. The molecule has 3 rings (SSSR count). The Balaban J connectivity index is 2.13. The molecule has 0 aliphatic heterocycles. The maximum atomic E-state index is 3.49. The van der Waals surface area contributed by atoms with Gasteiger partial charge in [0, 0.05) is 6.92 Å². The number of nitrogens with zero attached hydrogens (tertiary/aromatic N) is 1. The third-order valence-corrected chi connectivity index (χ3v) is 4.39. The fourth-order valence-electron chi connectivity index (χ4n) is 3.13. The SMILES string of the molecule is CCc1cc(-c2ccc3c(c2)[nH]c(C)[n+]3CC)ccc1C. The Morgan fingerprint density at radius 2 is 1.67 bits per heavy atom. The summed E-state index contributed by atoms with van der Waals surface area (Å²) < 4.78 is 2.31. The molecule has 21 heavy (non-hydrogen) atoms. The number of hydrogen-bond donors (Lipinski definition) is 1. The van der Waals surface area contributed by atoms with Crippen molar-refractivity contribution in [3.05, 3.63) is 53.3 Å². The van der Waals surface area contributed by atoms with Crippen LogP contribution in [0.3, 0.4) is 0 Å². The summed E-state index contributed by atoms with van der Waals surface area (Å²) >= 11 is 0. The summed E-state index contributed by atoms with van der Waals surface area (Å²) in [5.74, 6) is 1.21. The van der Waals surface area contributed by atoms with Gasteiger partial charge in [0.25, 0.3) is 5.82 Å². The zero-order valence-electron chi connectivity index (χ0n) is 13.3. The molecule has 1 heterocycles. The van der Waals surface area contributed by atoms with E-state index in [-0.39, 0.29) is 0 Å². The van der Waals surface area contributed by atoms with Gasteiger partial charge in [-0.05, 0) is 60.7 Å². The summed E-state index contributed by atoms with van der Waals surface area (Å²) in [5.41, 5.74) is 7.88. The van der Waals surface area contributed by atoms with E-state index in [1.54, 1.807) is 0 Å². The minimum absolute atomic E-state index is 0.996. The van der Waals surface area contributed by atoms with E-state index in [0.29, 0.717) is 0 Å². The van der Waals surface area contributed by atoms with Gasteiger partial charge in [-0.15, -0.1) is 0 Å². The molecule has 0 amide bonds. The maximum Gasteiger partial charge on any atom is 0.251 e. The Kier molecular flexibility index (Phi) is 3.54. The quantitative estimate of drug-likeness (QED) is 0.689. The van der Waals surface area contributed by atoms with Gasteiger partial charge in [0.15, 0.2) is 11.0 Å². The van der Waals surface area contributed by atoms with Gasteiger partial charge < -0.3 is 0 Å². The second kappa shape index (κ2) is 5.36. The van der Waals surface area contributed by atoms with Crippen molar-refractivity contribution in [1.82, 2.24) is 4.98 Å². The van der Waals surface area contributed by atoms with E-state index in [9.17, 15) is 0 Å². The monoisotopic (exact) mass is 279 g/mol. The first-order valence-corrected chi connectivity index (χ1v) is 7.76. The van der Waals surface area contributed by atoms with Crippen molar-refractivity contribution >= 4 is 11.0 Å². The van der Waals surface area contributed by atoms with Gasteiger partial charge in [0.05, 0.1) is 6.54 Å². The van der Waals surface area contributed by atoms with Crippen molar-refractivity contribution in [3.8, 4) is 11.1 Å². The smallest absolute Gasteiger partial charge is 0.241 e. The number of H-pyrrole nitrogens is 1. The molecule has 0 spiro atoms. The Morgan fingerprint density at radius 1 is 0.952 bits per heavy atom. The van der Waals surface area contributed by atoms with Crippen LogP contribution in [0.5, 0.6) is 0 Å². The van der Waals surface area contributed by atoms with Gasteiger partial charge in [-0.25, -0.2) is 9.55 Å². The molecular formula is C19H23N2+. The van der Waals surface area contributed by atoms with Gasteiger partial charge in [-0.3, -0.25) is 0 Å². The van der Waals surface area contributed by atoms with E-state index in [1.165, 1.54) is 39.1 Å². The topological polar surface area (TPSA) is 19.7 Å². The maximum absolute atomic E-state index is 3.49. The number of benzene rings is 2. The summed E-state index contributed by atoms with van der Waals surface area (Å²) in [5, 5.41) is 0. The number of aromatic amines is 1. The number of aryl methyl sites for hydroxylation is 4. The zero-order valence-corrected chi connectivity index (χ0v) is 13.3. The fraction of sp³-hybridized carbons (Fsp3) is 0.316. The molecule has 0 unspecified atom stereocenters. The highest BCUT2D eigenvalue weighted by molar-refractivity contribution is 5.80. The predicted molar refractivity (Wildman–Crippen MR) is 88.5 cm³/mol. The van der Waals surface area contributed by atoms with Crippen LogP contribution >= 0.6 is 0 Å². The molecule has 0 saturated carbocycles. The zero-order chi connectivity index (χ0) is 15.0. The lowest BCUT2D eigenvalue weighted by Gasteiger charge is -2.07.